The van der Waals surface area contributed by atoms with E-state index in [1.807, 2.05) is 24.5 Å². The Morgan fingerprint density at radius 2 is 1.69 bits per heavy atom. The molecular weight excluding hydrogens is 328 g/mol. The topological polar surface area (TPSA) is 81.3 Å². The molecule has 0 bridgehead atoms. The largest absolute Gasteiger partial charge is 0.508 e. The minimum atomic E-state index is 0.107. The minimum Gasteiger partial charge on any atom is -0.508 e. The first-order chi connectivity index (χ1) is 12.7. The van der Waals surface area contributed by atoms with Crippen molar-refractivity contribution in [3.05, 3.63) is 54.9 Å². The maximum absolute atomic E-state index is 10.2. The number of phenols is 2. The zero-order chi connectivity index (χ0) is 17.8. The van der Waals surface area contributed by atoms with Crippen LogP contribution in [0.15, 0.2) is 54.9 Å². The third-order valence-corrected chi connectivity index (χ3v) is 4.89. The number of ether oxygens (including phenoxy) is 1. The van der Waals surface area contributed by atoms with E-state index in [1.165, 1.54) is 7.11 Å². The molecular formula is C21H16N2O3. The summed E-state index contributed by atoms with van der Waals surface area (Å²) in [7, 11) is 1.53. The number of aromatic amines is 2. The van der Waals surface area contributed by atoms with Crippen molar-refractivity contribution in [1.29, 1.82) is 0 Å². The van der Waals surface area contributed by atoms with E-state index < -0.39 is 0 Å². The molecule has 0 aliphatic carbocycles. The molecule has 26 heavy (non-hydrogen) atoms. The number of hydrogen-bond acceptors (Lipinski definition) is 3. The predicted molar refractivity (Wildman–Crippen MR) is 103 cm³/mol. The highest BCUT2D eigenvalue weighted by atomic mass is 16.5. The smallest absolute Gasteiger partial charge is 0.160 e. The van der Waals surface area contributed by atoms with Crippen molar-refractivity contribution in [3.63, 3.8) is 0 Å². The van der Waals surface area contributed by atoms with E-state index in [1.54, 1.807) is 24.3 Å². The lowest BCUT2D eigenvalue weighted by Gasteiger charge is -2.09. The molecule has 0 aliphatic heterocycles. The lowest BCUT2D eigenvalue weighted by Crippen LogP contribution is -1.85. The predicted octanol–water partition coefficient (Wildman–Crippen LogP) is 4.89. The van der Waals surface area contributed by atoms with E-state index in [2.05, 4.69) is 16.0 Å². The summed E-state index contributed by atoms with van der Waals surface area (Å²) in [5.74, 6) is 0.794. The lowest BCUT2D eigenvalue weighted by molar-refractivity contribution is 0.373. The van der Waals surface area contributed by atoms with E-state index in [0.29, 0.717) is 5.75 Å². The number of benzene rings is 3. The van der Waals surface area contributed by atoms with Crippen LogP contribution in [0, 0.1) is 0 Å². The van der Waals surface area contributed by atoms with Gasteiger partial charge in [-0.3, -0.25) is 0 Å². The monoisotopic (exact) mass is 344 g/mol. The molecule has 0 saturated heterocycles. The Bertz CT molecular complexity index is 1300. The fourth-order valence-electron chi connectivity index (χ4n) is 3.71. The number of H-pyrrole nitrogens is 2. The van der Waals surface area contributed by atoms with Crippen molar-refractivity contribution in [1.82, 2.24) is 9.97 Å². The normalized spacial score (nSPS) is 11.6. The van der Waals surface area contributed by atoms with Crippen LogP contribution in [0.5, 0.6) is 17.2 Å². The Labute approximate surface area is 148 Å². The van der Waals surface area contributed by atoms with Crippen LogP contribution in [0.25, 0.3) is 43.7 Å². The van der Waals surface area contributed by atoms with Gasteiger partial charge in [0.15, 0.2) is 11.5 Å². The number of nitrogens with one attached hydrogen (secondary N) is 2. The molecule has 2 heterocycles. The minimum absolute atomic E-state index is 0.107. The number of fused-ring (bicyclic) bond motifs is 5. The van der Waals surface area contributed by atoms with E-state index >= 15 is 0 Å². The second-order valence-corrected chi connectivity index (χ2v) is 6.37. The summed E-state index contributed by atoms with van der Waals surface area (Å²) in [5, 5.41) is 24.2. The zero-order valence-corrected chi connectivity index (χ0v) is 14.0. The van der Waals surface area contributed by atoms with Crippen LogP contribution >= 0.6 is 0 Å². The third-order valence-electron chi connectivity index (χ3n) is 4.89. The number of aromatic nitrogens is 2. The van der Waals surface area contributed by atoms with Gasteiger partial charge in [0.25, 0.3) is 0 Å². The maximum Gasteiger partial charge on any atom is 0.160 e. The molecule has 128 valence electrons. The van der Waals surface area contributed by atoms with Gasteiger partial charge in [-0.25, -0.2) is 0 Å². The van der Waals surface area contributed by atoms with Crippen LogP contribution in [0.1, 0.15) is 0 Å². The fraction of sp³-hybridized carbons (Fsp3) is 0.0476. The molecule has 0 saturated carbocycles. The number of aromatic hydroxyl groups is 2. The molecule has 0 unspecified atom stereocenters. The van der Waals surface area contributed by atoms with Crippen LogP contribution in [0.3, 0.4) is 0 Å². The Morgan fingerprint density at radius 3 is 2.50 bits per heavy atom. The Morgan fingerprint density at radius 1 is 0.846 bits per heavy atom. The molecule has 5 nitrogen and oxygen atoms in total. The summed E-state index contributed by atoms with van der Waals surface area (Å²) in [6.07, 6.45) is 3.91. The number of rotatable bonds is 2. The standard InChI is InChI=1S/C21H16N2O3/c1-26-20-5-2-11(6-19(20)25)13-8-18-21(16-10-22-9-15(13)16)14-7-12(24)3-4-17(14)23-18/h2-10,22-25H,1H3. The first-order valence-corrected chi connectivity index (χ1v) is 8.27. The molecule has 0 spiro atoms. The second kappa shape index (κ2) is 5.20. The van der Waals surface area contributed by atoms with Gasteiger partial charge in [-0.05, 0) is 47.5 Å². The second-order valence-electron chi connectivity index (χ2n) is 6.37. The van der Waals surface area contributed by atoms with Crippen LogP contribution in [0.2, 0.25) is 0 Å². The number of methoxy groups -OCH3 is 1. The van der Waals surface area contributed by atoms with Crippen LogP contribution in [0.4, 0.5) is 0 Å². The van der Waals surface area contributed by atoms with Gasteiger partial charge in [0, 0.05) is 45.0 Å². The van der Waals surface area contributed by atoms with Crippen molar-refractivity contribution < 1.29 is 14.9 Å². The quantitative estimate of drug-likeness (QED) is 0.368. The average molecular weight is 344 g/mol. The van der Waals surface area contributed by atoms with E-state index in [9.17, 15) is 10.2 Å². The van der Waals surface area contributed by atoms with Crippen molar-refractivity contribution >= 4 is 32.6 Å². The highest BCUT2D eigenvalue weighted by molar-refractivity contribution is 6.23. The van der Waals surface area contributed by atoms with Gasteiger partial charge >= 0.3 is 0 Å². The number of phenolic OH excluding ortho intramolecular Hbond substituents is 2. The van der Waals surface area contributed by atoms with Gasteiger partial charge in [0.1, 0.15) is 5.75 Å². The van der Waals surface area contributed by atoms with Gasteiger partial charge in [0.05, 0.1) is 7.11 Å². The molecule has 4 N–H and O–H groups in total. The summed E-state index contributed by atoms with van der Waals surface area (Å²) in [4.78, 5) is 6.60. The fourth-order valence-corrected chi connectivity index (χ4v) is 3.71. The van der Waals surface area contributed by atoms with Crippen LogP contribution in [-0.4, -0.2) is 27.3 Å². The first-order valence-electron chi connectivity index (χ1n) is 8.27. The summed E-state index contributed by atoms with van der Waals surface area (Å²) in [5.41, 5.74) is 3.84. The summed E-state index contributed by atoms with van der Waals surface area (Å²) in [6, 6.07) is 12.8. The summed E-state index contributed by atoms with van der Waals surface area (Å²) < 4.78 is 5.14. The average Bonchev–Trinajstić information content (AvgIpc) is 3.24. The molecule has 3 aromatic carbocycles. The van der Waals surface area contributed by atoms with Gasteiger partial charge in [-0.15, -0.1) is 0 Å². The van der Waals surface area contributed by atoms with Crippen LogP contribution in [-0.2, 0) is 0 Å². The molecule has 0 amide bonds. The SMILES string of the molecule is COc1ccc(-c2cc3[nH]c4ccc(O)cc4c3c3c[nH]cc23)cc1O. The number of hydrogen-bond donors (Lipinski definition) is 4. The molecule has 0 fully saturated rings. The van der Waals surface area contributed by atoms with Crippen molar-refractivity contribution in [2.24, 2.45) is 0 Å². The van der Waals surface area contributed by atoms with Gasteiger partial charge in [-0.1, -0.05) is 6.07 Å². The Kier molecular flexibility index (Phi) is 2.94. The van der Waals surface area contributed by atoms with Crippen molar-refractivity contribution in [3.8, 4) is 28.4 Å². The summed E-state index contributed by atoms with van der Waals surface area (Å²) in [6.45, 7) is 0. The first kappa shape index (κ1) is 14.7. The van der Waals surface area contributed by atoms with Gasteiger partial charge in [-0.2, -0.15) is 0 Å². The molecule has 2 aromatic heterocycles. The molecule has 0 radical (unpaired) electrons. The Balaban J connectivity index is 1.87. The zero-order valence-electron chi connectivity index (χ0n) is 14.0. The van der Waals surface area contributed by atoms with E-state index in [4.69, 9.17) is 4.74 Å². The molecule has 0 aliphatic rings. The highest BCUT2D eigenvalue weighted by Gasteiger charge is 2.15. The Hall–Kier alpha value is -3.60. The lowest BCUT2D eigenvalue weighted by atomic mass is 9.97. The molecule has 5 rings (SSSR count). The molecule has 0 atom stereocenters. The van der Waals surface area contributed by atoms with Gasteiger partial charge in [0.2, 0.25) is 0 Å². The van der Waals surface area contributed by atoms with Crippen molar-refractivity contribution in [2.45, 2.75) is 0 Å². The van der Waals surface area contributed by atoms with Crippen LogP contribution < -0.4 is 4.74 Å². The molecule has 5 heteroatoms. The van der Waals surface area contributed by atoms with Gasteiger partial charge < -0.3 is 24.9 Å². The van der Waals surface area contributed by atoms with E-state index in [-0.39, 0.29) is 11.5 Å². The summed E-state index contributed by atoms with van der Waals surface area (Å²) >= 11 is 0. The third kappa shape index (κ3) is 1.97. The van der Waals surface area contributed by atoms with Crippen molar-refractivity contribution in [2.75, 3.05) is 7.11 Å². The molecule has 5 aromatic rings. The maximum atomic E-state index is 10.2. The highest BCUT2D eigenvalue weighted by Crippen LogP contribution is 2.40. The van der Waals surface area contributed by atoms with E-state index in [0.717, 1.165) is 43.7 Å².